The summed E-state index contributed by atoms with van der Waals surface area (Å²) in [6.07, 6.45) is 9.68. The van der Waals surface area contributed by atoms with E-state index in [1.807, 2.05) is 12.3 Å². The van der Waals surface area contributed by atoms with Gasteiger partial charge in [-0.15, -0.1) is 0 Å². The van der Waals surface area contributed by atoms with Gasteiger partial charge in [-0.25, -0.2) is 15.0 Å². The van der Waals surface area contributed by atoms with Crippen LogP contribution in [0.15, 0.2) is 36.8 Å². The number of anilines is 1. The van der Waals surface area contributed by atoms with Crippen LogP contribution in [0.4, 0.5) is 5.82 Å². The molecule has 41 heavy (non-hydrogen) atoms. The maximum Gasteiger partial charge on any atom is 0.145 e. The number of nitrogens with zero attached hydrogens (tertiary/aromatic N) is 6. The molecule has 0 amide bonds. The number of nitrogens with two attached hydrogens (primary N) is 1. The van der Waals surface area contributed by atoms with E-state index in [1.165, 1.54) is 42.5 Å². The van der Waals surface area contributed by atoms with Gasteiger partial charge >= 0.3 is 0 Å². The van der Waals surface area contributed by atoms with Gasteiger partial charge in [-0.3, -0.25) is 4.90 Å². The van der Waals surface area contributed by atoms with Gasteiger partial charge in [-0.1, -0.05) is 26.8 Å². The molecule has 0 radical (unpaired) electrons. The Morgan fingerprint density at radius 3 is 2.59 bits per heavy atom. The second kappa shape index (κ2) is 10.7. The van der Waals surface area contributed by atoms with Crippen LogP contribution in [-0.2, 0) is 18.9 Å². The third-order valence-corrected chi connectivity index (χ3v) is 9.92. The highest BCUT2D eigenvalue weighted by Gasteiger charge is 2.40. The van der Waals surface area contributed by atoms with Crippen LogP contribution in [0.5, 0.6) is 0 Å². The van der Waals surface area contributed by atoms with Gasteiger partial charge in [0.05, 0.1) is 28.6 Å². The zero-order valence-electron chi connectivity index (χ0n) is 25.6. The average Bonchev–Trinajstić information content (AvgIpc) is 3.57. The minimum Gasteiger partial charge on any atom is -0.391 e. The van der Waals surface area contributed by atoms with Crippen LogP contribution in [0.2, 0.25) is 0 Å². The predicted molar refractivity (Wildman–Crippen MR) is 166 cm³/mol. The molecule has 0 bridgehead atoms. The molecule has 3 aromatic heterocycles. The van der Waals surface area contributed by atoms with Crippen LogP contribution in [0.3, 0.4) is 0 Å². The van der Waals surface area contributed by atoms with Crippen LogP contribution < -0.4 is 5.73 Å². The first-order valence-corrected chi connectivity index (χ1v) is 15.5. The lowest BCUT2D eigenvalue weighted by atomic mass is 9.76. The fourth-order valence-electron chi connectivity index (χ4n) is 7.36. The molecule has 8 nitrogen and oxygen atoms in total. The standard InChI is InChI=1S/C33H47N7O/c1-20(2)40(18-22-15-28(29(41)16-22)39-12-11-25-31(34)35-19-36-32(25)39)24-13-21(14-24)7-10-30-37-26-17-23(33(3,4)5)8-9-27(26)38(30)6/h8-9,11-12,17,19-22,24,28-29,41H,7,10,13-16,18H2,1-6H3,(H2,34,35,36)/t21-,22-,24+,28+,29+/m0/s1. The van der Waals surface area contributed by atoms with E-state index >= 15 is 0 Å². The van der Waals surface area contributed by atoms with E-state index in [0.717, 1.165) is 48.3 Å². The van der Waals surface area contributed by atoms with Crippen molar-refractivity contribution in [3.05, 3.63) is 48.2 Å². The van der Waals surface area contributed by atoms with Gasteiger partial charge in [0.25, 0.3) is 0 Å². The van der Waals surface area contributed by atoms with Gasteiger partial charge in [-0.05, 0) is 87.0 Å². The summed E-state index contributed by atoms with van der Waals surface area (Å²) in [4.78, 5) is 16.3. The van der Waals surface area contributed by atoms with Gasteiger partial charge in [0, 0.05) is 38.3 Å². The van der Waals surface area contributed by atoms with E-state index in [0.29, 0.717) is 23.8 Å². The molecular formula is C33H47N7O. The molecule has 2 saturated carbocycles. The fourth-order valence-corrected chi connectivity index (χ4v) is 7.36. The summed E-state index contributed by atoms with van der Waals surface area (Å²) in [5, 5.41) is 11.9. The molecule has 2 aliphatic rings. The van der Waals surface area contributed by atoms with Crippen molar-refractivity contribution in [1.29, 1.82) is 0 Å². The number of hydrogen-bond acceptors (Lipinski definition) is 6. The van der Waals surface area contributed by atoms with Crippen molar-refractivity contribution in [1.82, 2.24) is 29.0 Å². The number of aromatic nitrogens is 5. The minimum absolute atomic E-state index is 0.0303. The lowest BCUT2D eigenvalue weighted by Gasteiger charge is -2.46. The molecule has 0 unspecified atom stereocenters. The Morgan fingerprint density at radius 2 is 1.85 bits per heavy atom. The van der Waals surface area contributed by atoms with Crippen LogP contribution in [-0.4, -0.2) is 58.8 Å². The SMILES string of the molecule is CC(C)N(C[C@@H]1C[C@@H](O)[C@H](n2ccc3c(N)ncnc32)C1)[C@H]1C[C@@H](CCc2nc3cc(C(C)(C)C)ccc3n2C)C1. The Bertz CT molecular complexity index is 1520. The molecule has 220 valence electrons. The number of nitrogen functional groups attached to an aromatic ring is 1. The number of rotatable bonds is 8. The number of aryl methyl sites for hydroxylation is 2. The van der Waals surface area contributed by atoms with Gasteiger partial charge in [0.1, 0.15) is 23.6 Å². The number of aliphatic hydroxyl groups is 1. The number of hydrogen-bond donors (Lipinski definition) is 2. The van der Waals surface area contributed by atoms with Crippen LogP contribution in [0.25, 0.3) is 22.1 Å². The van der Waals surface area contributed by atoms with E-state index in [1.54, 1.807) is 0 Å². The lowest BCUT2D eigenvalue weighted by Crippen LogP contribution is -2.49. The Morgan fingerprint density at radius 1 is 1.07 bits per heavy atom. The van der Waals surface area contributed by atoms with Gasteiger partial charge in [0.2, 0.25) is 0 Å². The maximum absolute atomic E-state index is 11.0. The highest BCUT2D eigenvalue weighted by molar-refractivity contribution is 5.86. The van der Waals surface area contributed by atoms with Crippen LogP contribution in [0, 0.1) is 11.8 Å². The van der Waals surface area contributed by atoms with Crippen molar-refractivity contribution in [3.8, 4) is 0 Å². The van der Waals surface area contributed by atoms with Crippen molar-refractivity contribution in [2.45, 2.75) is 103 Å². The van der Waals surface area contributed by atoms with Gasteiger partial charge in [0.15, 0.2) is 0 Å². The van der Waals surface area contributed by atoms with E-state index in [4.69, 9.17) is 10.7 Å². The Balaban J connectivity index is 1.05. The second-order valence-corrected chi connectivity index (χ2v) is 14.1. The van der Waals surface area contributed by atoms with Crippen molar-refractivity contribution in [2.75, 3.05) is 12.3 Å². The first-order valence-electron chi connectivity index (χ1n) is 15.5. The second-order valence-electron chi connectivity index (χ2n) is 14.1. The largest absolute Gasteiger partial charge is 0.391 e. The third-order valence-electron chi connectivity index (χ3n) is 9.92. The molecule has 2 aliphatic carbocycles. The summed E-state index contributed by atoms with van der Waals surface area (Å²) in [5.41, 5.74) is 10.7. The molecule has 1 aromatic carbocycles. The molecule has 8 heteroatoms. The number of benzene rings is 1. The first kappa shape index (κ1) is 28.2. The van der Waals surface area contributed by atoms with E-state index in [9.17, 15) is 5.11 Å². The van der Waals surface area contributed by atoms with Crippen molar-refractivity contribution < 1.29 is 5.11 Å². The molecule has 0 spiro atoms. The summed E-state index contributed by atoms with van der Waals surface area (Å²) < 4.78 is 4.40. The molecule has 6 rings (SSSR count). The highest BCUT2D eigenvalue weighted by Crippen LogP contribution is 2.41. The topological polar surface area (TPSA) is 98.0 Å². The van der Waals surface area contributed by atoms with Gasteiger partial charge < -0.3 is 20.0 Å². The smallest absolute Gasteiger partial charge is 0.145 e. The first-order chi connectivity index (χ1) is 19.5. The third kappa shape index (κ3) is 5.37. The zero-order chi connectivity index (χ0) is 29.1. The Kier molecular flexibility index (Phi) is 7.35. The monoisotopic (exact) mass is 557 g/mol. The van der Waals surface area contributed by atoms with Crippen molar-refractivity contribution in [2.24, 2.45) is 18.9 Å². The highest BCUT2D eigenvalue weighted by atomic mass is 16.3. The van der Waals surface area contributed by atoms with Crippen molar-refractivity contribution in [3.63, 3.8) is 0 Å². The summed E-state index contributed by atoms with van der Waals surface area (Å²) in [6, 6.07) is 9.88. The Labute approximate surface area is 244 Å². The molecule has 0 aliphatic heterocycles. The van der Waals surface area contributed by atoms with E-state index < -0.39 is 0 Å². The molecule has 4 aromatic rings. The number of fused-ring (bicyclic) bond motifs is 2. The summed E-state index contributed by atoms with van der Waals surface area (Å²) in [6.45, 7) is 12.5. The van der Waals surface area contributed by atoms with E-state index in [-0.39, 0.29) is 17.6 Å². The van der Waals surface area contributed by atoms with Crippen LogP contribution >= 0.6 is 0 Å². The molecule has 0 saturated heterocycles. The van der Waals surface area contributed by atoms with Crippen LogP contribution in [0.1, 0.15) is 84.2 Å². The molecule has 3 heterocycles. The normalized spacial score (nSPS) is 25.1. The summed E-state index contributed by atoms with van der Waals surface area (Å²) in [5.74, 6) is 2.91. The molecule has 3 atom stereocenters. The molecule has 3 N–H and O–H groups in total. The van der Waals surface area contributed by atoms with Crippen molar-refractivity contribution >= 4 is 27.9 Å². The minimum atomic E-state index is -0.372. The molecular weight excluding hydrogens is 510 g/mol. The zero-order valence-corrected chi connectivity index (χ0v) is 25.6. The van der Waals surface area contributed by atoms with E-state index in [2.05, 4.69) is 83.9 Å². The summed E-state index contributed by atoms with van der Waals surface area (Å²) in [7, 11) is 2.16. The lowest BCUT2D eigenvalue weighted by molar-refractivity contribution is 0.0355. The average molecular weight is 558 g/mol. The maximum atomic E-state index is 11.0. The number of imidazole rings is 1. The summed E-state index contributed by atoms with van der Waals surface area (Å²) >= 11 is 0. The quantitative estimate of drug-likeness (QED) is 0.291. The molecule has 2 fully saturated rings. The van der Waals surface area contributed by atoms with Gasteiger partial charge in [-0.2, -0.15) is 0 Å². The fraction of sp³-hybridized carbons (Fsp3) is 0.606. The Hall–Kier alpha value is -2.97. The number of aliphatic hydroxyl groups excluding tert-OH is 1. The predicted octanol–water partition coefficient (Wildman–Crippen LogP) is 5.63.